The van der Waals surface area contributed by atoms with Crippen molar-refractivity contribution >= 4 is 22.4 Å². The Morgan fingerprint density at radius 1 is 1.25 bits per heavy atom. The molecule has 0 saturated carbocycles. The normalized spacial score (nSPS) is 15.2. The number of rotatable bonds is 8. The molecule has 2 atom stereocenters. The third kappa shape index (κ3) is 10.7. The number of hydrogen-bond acceptors (Lipinski definition) is 3. The lowest BCUT2D eigenvalue weighted by atomic mass is 10.1. The fourth-order valence-corrected chi connectivity index (χ4v) is 2.91. The standard InChI is InChI=1S/C10H24N2O2S.ClH/c1-4-5-9(2)8-15(13,14)12-7-6-10(3)11;/h9-10,12H,4-8,11H2,1-3H3;1H. The lowest BCUT2D eigenvalue weighted by Crippen LogP contribution is -2.32. The van der Waals surface area contributed by atoms with Crippen LogP contribution in [0.1, 0.15) is 40.0 Å². The highest BCUT2D eigenvalue weighted by Gasteiger charge is 2.14. The van der Waals surface area contributed by atoms with Crippen LogP contribution in [0.15, 0.2) is 0 Å². The van der Waals surface area contributed by atoms with Crippen LogP contribution in [0.2, 0.25) is 0 Å². The average Bonchev–Trinajstić information content (AvgIpc) is 2.01. The van der Waals surface area contributed by atoms with E-state index in [1.807, 2.05) is 13.8 Å². The van der Waals surface area contributed by atoms with Gasteiger partial charge < -0.3 is 5.73 Å². The zero-order chi connectivity index (χ0) is 11.9. The average molecular weight is 273 g/mol. The molecule has 0 amide bonds. The van der Waals surface area contributed by atoms with Crippen molar-refractivity contribution in [2.24, 2.45) is 11.7 Å². The molecule has 0 rings (SSSR count). The minimum Gasteiger partial charge on any atom is -0.328 e. The highest BCUT2D eigenvalue weighted by Crippen LogP contribution is 2.07. The topological polar surface area (TPSA) is 72.2 Å². The van der Waals surface area contributed by atoms with Crippen molar-refractivity contribution < 1.29 is 8.42 Å². The summed E-state index contributed by atoms with van der Waals surface area (Å²) in [6.45, 7) is 6.34. The van der Waals surface area contributed by atoms with E-state index in [-0.39, 0.29) is 30.1 Å². The largest absolute Gasteiger partial charge is 0.328 e. The molecule has 0 aliphatic carbocycles. The van der Waals surface area contributed by atoms with E-state index in [0.717, 1.165) is 12.8 Å². The van der Waals surface area contributed by atoms with E-state index in [2.05, 4.69) is 11.6 Å². The number of hydrogen-bond donors (Lipinski definition) is 2. The van der Waals surface area contributed by atoms with E-state index >= 15 is 0 Å². The fraction of sp³-hybridized carbons (Fsp3) is 1.00. The smallest absolute Gasteiger partial charge is 0.211 e. The third-order valence-electron chi connectivity index (χ3n) is 2.21. The van der Waals surface area contributed by atoms with E-state index in [1.165, 1.54) is 0 Å². The maximum Gasteiger partial charge on any atom is 0.211 e. The van der Waals surface area contributed by atoms with Crippen molar-refractivity contribution in [3.05, 3.63) is 0 Å². The summed E-state index contributed by atoms with van der Waals surface area (Å²) in [6.07, 6.45) is 2.66. The molecule has 0 aliphatic heterocycles. The van der Waals surface area contributed by atoms with Gasteiger partial charge in [-0.1, -0.05) is 20.3 Å². The van der Waals surface area contributed by atoms with Crippen LogP contribution in [0.3, 0.4) is 0 Å². The van der Waals surface area contributed by atoms with Crippen molar-refractivity contribution in [3.8, 4) is 0 Å². The van der Waals surface area contributed by atoms with Gasteiger partial charge in [-0.2, -0.15) is 0 Å². The lowest BCUT2D eigenvalue weighted by molar-refractivity contribution is 0.532. The Morgan fingerprint density at radius 2 is 1.81 bits per heavy atom. The van der Waals surface area contributed by atoms with Crippen LogP contribution in [-0.2, 0) is 10.0 Å². The third-order valence-corrected chi connectivity index (χ3v) is 3.86. The summed E-state index contributed by atoms with van der Waals surface area (Å²) in [5.41, 5.74) is 5.54. The molecule has 16 heavy (non-hydrogen) atoms. The molecule has 0 saturated heterocycles. The van der Waals surface area contributed by atoms with Crippen LogP contribution in [0.4, 0.5) is 0 Å². The van der Waals surface area contributed by atoms with Crippen LogP contribution in [0.5, 0.6) is 0 Å². The Bertz CT molecular complexity index is 256. The summed E-state index contributed by atoms with van der Waals surface area (Å²) < 4.78 is 25.7. The van der Waals surface area contributed by atoms with Gasteiger partial charge in [0, 0.05) is 12.6 Å². The van der Waals surface area contributed by atoms with E-state index < -0.39 is 10.0 Å². The van der Waals surface area contributed by atoms with Crippen LogP contribution >= 0.6 is 12.4 Å². The molecule has 100 valence electrons. The molecule has 4 nitrogen and oxygen atoms in total. The van der Waals surface area contributed by atoms with Gasteiger partial charge >= 0.3 is 0 Å². The first-order valence-corrected chi connectivity index (χ1v) is 7.25. The van der Waals surface area contributed by atoms with E-state index in [0.29, 0.717) is 13.0 Å². The predicted molar refractivity (Wildman–Crippen MR) is 71.4 cm³/mol. The first-order chi connectivity index (χ1) is 6.87. The summed E-state index contributed by atoms with van der Waals surface area (Å²) in [6, 6.07) is 0.0424. The number of halogens is 1. The van der Waals surface area contributed by atoms with Crippen molar-refractivity contribution in [2.75, 3.05) is 12.3 Å². The van der Waals surface area contributed by atoms with Crippen molar-refractivity contribution in [2.45, 2.75) is 46.1 Å². The molecule has 0 aromatic carbocycles. The first kappa shape index (κ1) is 18.5. The van der Waals surface area contributed by atoms with E-state index in [9.17, 15) is 8.42 Å². The van der Waals surface area contributed by atoms with E-state index in [1.54, 1.807) is 0 Å². The molecule has 3 N–H and O–H groups in total. The van der Waals surface area contributed by atoms with Crippen LogP contribution in [0, 0.1) is 5.92 Å². The highest BCUT2D eigenvalue weighted by atomic mass is 35.5. The zero-order valence-corrected chi connectivity index (χ0v) is 12.0. The Labute approximate surface area is 106 Å². The van der Waals surface area contributed by atoms with Crippen molar-refractivity contribution in [3.63, 3.8) is 0 Å². The Morgan fingerprint density at radius 3 is 2.25 bits per heavy atom. The second kappa shape index (κ2) is 9.22. The van der Waals surface area contributed by atoms with Gasteiger partial charge in [-0.3, -0.25) is 0 Å². The Balaban J connectivity index is 0. The molecule has 0 spiro atoms. The summed E-state index contributed by atoms with van der Waals surface area (Å²) in [5, 5.41) is 0. The maximum absolute atomic E-state index is 11.5. The minimum absolute atomic E-state index is 0. The highest BCUT2D eigenvalue weighted by molar-refractivity contribution is 7.89. The second-order valence-corrected chi connectivity index (χ2v) is 6.19. The molecular weight excluding hydrogens is 248 g/mol. The molecule has 0 heterocycles. The number of nitrogens with one attached hydrogen (secondary N) is 1. The minimum atomic E-state index is -3.10. The summed E-state index contributed by atoms with van der Waals surface area (Å²) in [5.74, 6) is 0.447. The molecule has 0 aromatic rings. The quantitative estimate of drug-likeness (QED) is 0.703. The van der Waals surface area contributed by atoms with Gasteiger partial charge in [-0.25, -0.2) is 13.1 Å². The van der Waals surface area contributed by atoms with Crippen molar-refractivity contribution in [1.29, 1.82) is 0 Å². The van der Waals surface area contributed by atoms with Gasteiger partial charge in [-0.15, -0.1) is 12.4 Å². The first-order valence-electron chi connectivity index (χ1n) is 5.60. The van der Waals surface area contributed by atoms with Gasteiger partial charge in [0.05, 0.1) is 5.75 Å². The summed E-state index contributed by atoms with van der Waals surface area (Å²) >= 11 is 0. The lowest BCUT2D eigenvalue weighted by Gasteiger charge is -2.12. The molecule has 0 bridgehead atoms. The predicted octanol–water partition coefficient (Wildman–Crippen LogP) is 1.50. The summed E-state index contributed by atoms with van der Waals surface area (Å²) in [7, 11) is -3.10. The van der Waals surface area contributed by atoms with Crippen molar-refractivity contribution in [1.82, 2.24) is 4.72 Å². The van der Waals surface area contributed by atoms with Gasteiger partial charge in [-0.05, 0) is 25.7 Å². The second-order valence-electron chi connectivity index (χ2n) is 4.34. The molecule has 0 aromatic heterocycles. The van der Waals surface area contributed by atoms with Crippen LogP contribution in [0.25, 0.3) is 0 Å². The van der Waals surface area contributed by atoms with Gasteiger partial charge in [0.25, 0.3) is 0 Å². The summed E-state index contributed by atoms with van der Waals surface area (Å²) in [4.78, 5) is 0. The Kier molecular flexibility index (Phi) is 10.7. The van der Waals surface area contributed by atoms with Crippen LogP contribution < -0.4 is 10.5 Å². The van der Waals surface area contributed by atoms with Gasteiger partial charge in [0.15, 0.2) is 0 Å². The zero-order valence-electron chi connectivity index (χ0n) is 10.4. The SMILES string of the molecule is CCCC(C)CS(=O)(=O)NCCC(C)N.Cl. The van der Waals surface area contributed by atoms with Gasteiger partial charge in [0.2, 0.25) is 10.0 Å². The number of sulfonamides is 1. The van der Waals surface area contributed by atoms with Crippen LogP contribution in [-0.4, -0.2) is 26.8 Å². The maximum atomic E-state index is 11.5. The van der Waals surface area contributed by atoms with E-state index in [4.69, 9.17) is 5.73 Å². The van der Waals surface area contributed by atoms with Gasteiger partial charge in [0.1, 0.15) is 0 Å². The molecule has 0 radical (unpaired) electrons. The fourth-order valence-electron chi connectivity index (χ4n) is 1.45. The molecule has 6 heteroatoms. The molecule has 0 aliphatic rings. The monoisotopic (exact) mass is 272 g/mol. The molecule has 0 fully saturated rings. The molecular formula is C10H25ClN2O2S. The Hall–Kier alpha value is 0.160. The molecule has 2 unspecified atom stereocenters. The number of nitrogens with two attached hydrogens (primary N) is 1.